The number of hydrogen-bond donors (Lipinski definition) is 2. The number of ketones is 1. The predicted molar refractivity (Wildman–Crippen MR) is 204 cm³/mol. The van der Waals surface area contributed by atoms with Gasteiger partial charge in [-0.05, 0) is 102 Å². The first-order valence-corrected chi connectivity index (χ1v) is 21.2. The summed E-state index contributed by atoms with van der Waals surface area (Å²) in [5, 5.41) is 22.5. The molecule has 18 atom stereocenters. The van der Waals surface area contributed by atoms with E-state index in [0.29, 0.717) is 61.7 Å². The Kier molecular flexibility index (Phi) is 15.2. The van der Waals surface area contributed by atoms with Crippen molar-refractivity contribution >= 4 is 5.78 Å². The van der Waals surface area contributed by atoms with E-state index in [1.54, 1.807) is 6.92 Å². The molecule has 0 aromatic heterocycles. The molecule has 0 aromatic rings. The maximum atomic E-state index is 12.4. The Morgan fingerprint density at radius 1 is 0.925 bits per heavy atom. The molecule has 0 aliphatic carbocycles. The second kappa shape index (κ2) is 17.8. The van der Waals surface area contributed by atoms with Crippen LogP contribution in [0.3, 0.4) is 0 Å². The molecule has 5 aliphatic heterocycles. The Bertz CT molecular complexity index is 1250. The van der Waals surface area contributed by atoms with Crippen LogP contribution in [0.2, 0.25) is 0 Å². The first-order valence-electron chi connectivity index (χ1n) is 21.2. The van der Waals surface area contributed by atoms with Gasteiger partial charge in [-0.2, -0.15) is 5.92 Å². The SMILES string of the molecule is CCC(C(C)=O)[C@H]1CC[C@H](C)C([C@@H](C)C(C)[C@H](C)[CH-][C@H](CC)[C@H]2O[C@]3(C=C[C@@H](O)[C@]4(CC[C@@](C)([C@H]5CC[C@](O)(CC)[C@H](C)O5)O4)O3)[C@H](C)C[C@@H]2C)O1.[W]. The summed E-state index contributed by atoms with van der Waals surface area (Å²) >= 11 is 0. The van der Waals surface area contributed by atoms with Crippen LogP contribution in [0.15, 0.2) is 12.2 Å². The van der Waals surface area contributed by atoms with Crippen LogP contribution in [0.25, 0.3) is 0 Å². The van der Waals surface area contributed by atoms with Gasteiger partial charge in [-0.25, -0.2) is 0 Å². The number of Topliss-reactive ketones (excluding diaryl/α,β-unsaturated/α-hetero) is 1. The molecule has 0 aromatic carbocycles. The second-order valence-electron chi connectivity index (χ2n) is 18.5. The molecule has 8 nitrogen and oxygen atoms in total. The van der Waals surface area contributed by atoms with Gasteiger partial charge in [-0.15, -0.1) is 5.92 Å². The number of carbonyl (C=O) groups excluding carboxylic acids is 1. The van der Waals surface area contributed by atoms with Gasteiger partial charge in [0.25, 0.3) is 0 Å². The van der Waals surface area contributed by atoms with Crippen LogP contribution in [-0.4, -0.2) is 75.4 Å². The third kappa shape index (κ3) is 8.96. The van der Waals surface area contributed by atoms with E-state index in [4.69, 9.17) is 23.7 Å². The molecule has 5 heterocycles. The van der Waals surface area contributed by atoms with Crippen molar-refractivity contribution in [1.82, 2.24) is 0 Å². The Hall–Kier alpha value is -0.182. The number of rotatable bonds is 12. The number of aliphatic hydroxyl groups is 2. The van der Waals surface area contributed by atoms with Gasteiger partial charge in [0, 0.05) is 45.4 Å². The third-order valence-electron chi connectivity index (χ3n) is 15.1. The molecule has 9 heteroatoms. The van der Waals surface area contributed by atoms with Gasteiger partial charge in [0.05, 0.1) is 35.6 Å². The Morgan fingerprint density at radius 3 is 2.23 bits per heavy atom. The summed E-state index contributed by atoms with van der Waals surface area (Å²) in [6.45, 7) is 26.0. The molecule has 2 N–H and O–H groups in total. The second-order valence-corrected chi connectivity index (χ2v) is 18.5. The smallest absolute Gasteiger partial charge is 0.202 e. The summed E-state index contributed by atoms with van der Waals surface area (Å²) in [5.74, 6) is 0.100. The van der Waals surface area contributed by atoms with E-state index < -0.39 is 28.9 Å². The minimum absolute atomic E-state index is 0. The summed E-state index contributed by atoms with van der Waals surface area (Å²) in [7, 11) is 0. The van der Waals surface area contributed by atoms with Gasteiger partial charge >= 0.3 is 0 Å². The normalized spacial score (nSPS) is 46.0. The fraction of sp³-hybridized carbons (Fsp3) is 0.909. The molecule has 4 fully saturated rings. The van der Waals surface area contributed by atoms with Crippen molar-refractivity contribution in [2.75, 3.05) is 0 Å². The van der Waals surface area contributed by atoms with Crippen LogP contribution in [0.4, 0.5) is 0 Å². The average Bonchev–Trinajstić information content (AvgIpc) is 3.45. The van der Waals surface area contributed by atoms with E-state index in [-0.39, 0.29) is 75.1 Å². The topological polar surface area (TPSA) is 104 Å². The molecule has 0 saturated carbocycles. The van der Waals surface area contributed by atoms with Gasteiger partial charge < -0.3 is 40.3 Å². The molecular weight excluding hydrogens is 840 g/mol. The van der Waals surface area contributed by atoms with Crippen LogP contribution in [0, 0.1) is 53.8 Å². The van der Waals surface area contributed by atoms with Gasteiger partial charge in [0.1, 0.15) is 11.9 Å². The van der Waals surface area contributed by atoms with Crippen molar-refractivity contribution < 1.29 is 59.8 Å². The van der Waals surface area contributed by atoms with E-state index in [2.05, 4.69) is 68.7 Å². The Morgan fingerprint density at radius 2 is 1.62 bits per heavy atom. The molecule has 5 rings (SSSR count). The zero-order chi connectivity index (χ0) is 38.4. The fourth-order valence-electron chi connectivity index (χ4n) is 10.8. The zero-order valence-corrected chi connectivity index (χ0v) is 38.1. The largest absolute Gasteiger partial charge is 0.387 e. The van der Waals surface area contributed by atoms with E-state index in [1.807, 2.05) is 26.0 Å². The standard InChI is InChI=1S/C44H75O8.W/c1-13-34(25-27(5)30(8)31(9)39-26(4)16-17-36(49-39)35(14-2)32(10)45)40-28(6)24-29(7)43(50-40)21-18-37(46)44(52-43)23-22-41(12,51-44)38-19-20-42(47,15-3)33(11)48-38;/h18,21,25-31,33-40,46-47H,13-17,19-20,22-24H2,1-12H3;/q-1;/t26-,27+,28-,29+,30?,31-,33-,34-,35?,36+,37+,38+,39?,40-,41-,42+,43-,44-;/m0./s1. The van der Waals surface area contributed by atoms with Crippen molar-refractivity contribution in [2.45, 2.75) is 207 Å². The Labute approximate surface area is 336 Å². The van der Waals surface area contributed by atoms with Crippen LogP contribution < -0.4 is 0 Å². The molecular formula is C44H75O8W-. The molecule has 3 unspecified atom stereocenters. The number of hydrogen-bond acceptors (Lipinski definition) is 8. The maximum Gasteiger partial charge on any atom is 0.202 e. The molecule has 2 spiro atoms. The van der Waals surface area contributed by atoms with Crippen molar-refractivity contribution in [2.24, 2.45) is 47.3 Å². The van der Waals surface area contributed by atoms with E-state index in [1.165, 1.54) is 0 Å². The summed E-state index contributed by atoms with van der Waals surface area (Å²) in [6.07, 6.45) is 13.0. The minimum atomic E-state index is -1.23. The van der Waals surface area contributed by atoms with Crippen molar-refractivity contribution in [3.8, 4) is 0 Å². The molecule has 4 saturated heterocycles. The molecule has 306 valence electrons. The predicted octanol–water partition coefficient (Wildman–Crippen LogP) is 8.60. The van der Waals surface area contributed by atoms with Gasteiger partial charge in [-0.3, -0.25) is 4.79 Å². The first kappa shape index (κ1) is 45.5. The molecule has 0 bridgehead atoms. The Balaban J connectivity index is 0.00000627. The van der Waals surface area contributed by atoms with Crippen molar-refractivity contribution in [3.63, 3.8) is 0 Å². The number of carbonyl (C=O) groups is 1. The minimum Gasteiger partial charge on any atom is -0.387 e. The van der Waals surface area contributed by atoms with Crippen LogP contribution in [0.5, 0.6) is 0 Å². The first-order chi connectivity index (χ1) is 24.4. The molecule has 0 radical (unpaired) electrons. The van der Waals surface area contributed by atoms with Gasteiger partial charge in [-0.1, -0.05) is 74.7 Å². The summed E-state index contributed by atoms with van der Waals surface area (Å²) in [5.41, 5.74) is -1.49. The fourth-order valence-corrected chi connectivity index (χ4v) is 10.8. The number of aliphatic hydroxyl groups excluding tert-OH is 1. The van der Waals surface area contributed by atoms with Crippen LogP contribution in [0.1, 0.15) is 147 Å². The van der Waals surface area contributed by atoms with E-state index in [0.717, 1.165) is 32.1 Å². The molecule has 5 aliphatic rings. The van der Waals surface area contributed by atoms with Crippen LogP contribution in [-0.2, 0) is 49.5 Å². The monoisotopic (exact) mass is 915 g/mol. The van der Waals surface area contributed by atoms with Crippen molar-refractivity contribution in [3.05, 3.63) is 18.6 Å². The number of ether oxygens (including phenoxy) is 5. The maximum absolute atomic E-state index is 12.4. The van der Waals surface area contributed by atoms with E-state index >= 15 is 0 Å². The van der Waals surface area contributed by atoms with Crippen molar-refractivity contribution in [1.29, 1.82) is 0 Å². The van der Waals surface area contributed by atoms with Gasteiger partial charge in [0.15, 0.2) is 5.79 Å². The third-order valence-corrected chi connectivity index (χ3v) is 15.1. The summed E-state index contributed by atoms with van der Waals surface area (Å²) < 4.78 is 34.4. The molecule has 53 heavy (non-hydrogen) atoms. The summed E-state index contributed by atoms with van der Waals surface area (Å²) in [6, 6.07) is 0. The zero-order valence-electron chi connectivity index (χ0n) is 35.1. The average molecular weight is 916 g/mol. The summed E-state index contributed by atoms with van der Waals surface area (Å²) in [4.78, 5) is 12.4. The van der Waals surface area contributed by atoms with Gasteiger partial charge in [0.2, 0.25) is 5.79 Å². The quantitative estimate of drug-likeness (QED) is 0.148. The molecule has 0 amide bonds. The van der Waals surface area contributed by atoms with Crippen LogP contribution >= 0.6 is 0 Å². The van der Waals surface area contributed by atoms with E-state index in [9.17, 15) is 15.0 Å².